The van der Waals surface area contributed by atoms with Crippen LogP contribution in [-0.4, -0.2) is 18.9 Å². The van der Waals surface area contributed by atoms with Gasteiger partial charge in [-0.3, -0.25) is 9.59 Å². The lowest BCUT2D eigenvalue weighted by molar-refractivity contribution is -0.142. The minimum atomic E-state index is -0.338. The van der Waals surface area contributed by atoms with Gasteiger partial charge in [0.2, 0.25) is 0 Å². The molecule has 16 heavy (non-hydrogen) atoms. The van der Waals surface area contributed by atoms with Gasteiger partial charge >= 0.3 is 5.97 Å². The van der Waals surface area contributed by atoms with Crippen LogP contribution in [-0.2, 0) is 16.1 Å². The Kier molecular flexibility index (Phi) is 4.05. The van der Waals surface area contributed by atoms with E-state index in [0.29, 0.717) is 11.3 Å². The van der Waals surface area contributed by atoms with Crippen molar-refractivity contribution in [1.29, 1.82) is 0 Å². The Labute approximate surface area is 94.2 Å². The first-order chi connectivity index (χ1) is 7.54. The first-order valence-corrected chi connectivity index (χ1v) is 4.86. The molecule has 0 spiro atoms. The molecule has 0 heterocycles. The van der Waals surface area contributed by atoms with E-state index in [1.165, 1.54) is 21.0 Å². The van der Waals surface area contributed by atoms with Crippen molar-refractivity contribution in [1.82, 2.24) is 0 Å². The van der Waals surface area contributed by atoms with Crippen LogP contribution in [0.5, 0.6) is 5.75 Å². The fraction of sp³-hybridized carbons (Fsp3) is 0.333. The predicted octanol–water partition coefficient (Wildman–Crippen LogP) is 1.96. The molecule has 0 unspecified atom stereocenters. The van der Waals surface area contributed by atoms with Crippen molar-refractivity contribution in [3.8, 4) is 5.75 Å². The number of hydrogen-bond acceptors (Lipinski definition) is 4. The van der Waals surface area contributed by atoms with Crippen LogP contribution in [0, 0.1) is 0 Å². The molecule has 0 amide bonds. The van der Waals surface area contributed by atoms with E-state index in [9.17, 15) is 9.59 Å². The van der Waals surface area contributed by atoms with Crippen molar-refractivity contribution in [3.63, 3.8) is 0 Å². The highest BCUT2D eigenvalue weighted by atomic mass is 16.5. The molecule has 1 aromatic carbocycles. The largest absolute Gasteiger partial charge is 0.496 e. The zero-order valence-corrected chi connectivity index (χ0v) is 9.57. The second-order valence-electron chi connectivity index (χ2n) is 3.37. The van der Waals surface area contributed by atoms with Crippen LogP contribution in [0.25, 0.3) is 0 Å². The molecule has 0 aliphatic heterocycles. The number of benzene rings is 1. The van der Waals surface area contributed by atoms with E-state index in [2.05, 4.69) is 0 Å². The first kappa shape index (κ1) is 12.2. The number of esters is 1. The summed E-state index contributed by atoms with van der Waals surface area (Å²) in [5, 5.41) is 0. The lowest BCUT2D eigenvalue weighted by Crippen LogP contribution is -2.02. The highest BCUT2D eigenvalue weighted by molar-refractivity contribution is 5.96. The van der Waals surface area contributed by atoms with Crippen molar-refractivity contribution in [3.05, 3.63) is 29.3 Å². The standard InChI is InChI=1S/C12H14O4/c1-8(13)11-5-4-10(6-12(11)15-3)7-16-9(2)14/h4-6H,7H2,1-3H3. The van der Waals surface area contributed by atoms with Crippen LogP contribution >= 0.6 is 0 Å². The van der Waals surface area contributed by atoms with Gasteiger partial charge in [0, 0.05) is 6.92 Å². The Bertz CT molecular complexity index is 409. The summed E-state index contributed by atoms with van der Waals surface area (Å²) < 4.78 is 9.94. The van der Waals surface area contributed by atoms with Crippen LogP contribution in [0.4, 0.5) is 0 Å². The molecule has 0 aliphatic carbocycles. The molecule has 4 nitrogen and oxygen atoms in total. The predicted molar refractivity (Wildman–Crippen MR) is 58.5 cm³/mol. The molecule has 0 N–H and O–H groups in total. The number of ether oxygens (including phenoxy) is 2. The average molecular weight is 222 g/mol. The third-order valence-corrected chi connectivity index (χ3v) is 2.09. The summed E-state index contributed by atoms with van der Waals surface area (Å²) in [7, 11) is 1.50. The second kappa shape index (κ2) is 5.30. The first-order valence-electron chi connectivity index (χ1n) is 4.86. The van der Waals surface area contributed by atoms with Gasteiger partial charge in [-0.25, -0.2) is 0 Å². The van der Waals surface area contributed by atoms with Gasteiger partial charge in [0.25, 0.3) is 0 Å². The van der Waals surface area contributed by atoms with Crippen LogP contribution in [0.3, 0.4) is 0 Å². The average Bonchev–Trinajstić information content (AvgIpc) is 2.25. The van der Waals surface area contributed by atoms with Crippen LogP contribution < -0.4 is 4.74 Å². The van der Waals surface area contributed by atoms with Crippen molar-refractivity contribution in [2.45, 2.75) is 20.5 Å². The number of Topliss-reactive ketones (excluding diaryl/α,β-unsaturated/α-hetero) is 1. The highest BCUT2D eigenvalue weighted by Crippen LogP contribution is 2.21. The Morgan fingerprint density at radius 3 is 2.44 bits per heavy atom. The molecule has 0 bridgehead atoms. The SMILES string of the molecule is COc1cc(COC(C)=O)ccc1C(C)=O. The maximum Gasteiger partial charge on any atom is 0.302 e. The molecule has 4 heteroatoms. The van der Waals surface area contributed by atoms with E-state index in [1.54, 1.807) is 18.2 Å². The fourth-order valence-corrected chi connectivity index (χ4v) is 1.30. The highest BCUT2D eigenvalue weighted by Gasteiger charge is 2.08. The van der Waals surface area contributed by atoms with Gasteiger partial charge in [-0.2, -0.15) is 0 Å². The lowest BCUT2D eigenvalue weighted by Gasteiger charge is -2.08. The Hall–Kier alpha value is -1.84. The van der Waals surface area contributed by atoms with Crippen LogP contribution in [0.15, 0.2) is 18.2 Å². The van der Waals surface area contributed by atoms with E-state index in [4.69, 9.17) is 9.47 Å². The summed E-state index contributed by atoms with van der Waals surface area (Å²) in [5.41, 5.74) is 1.31. The zero-order chi connectivity index (χ0) is 12.1. The van der Waals surface area contributed by atoms with Gasteiger partial charge in [-0.15, -0.1) is 0 Å². The van der Waals surface area contributed by atoms with Gasteiger partial charge in [0.15, 0.2) is 5.78 Å². The molecule has 86 valence electrons. The molecule has 0 atom stereocenters. The molecule has 1 rings (SSSR count). The fourth-order valence-electron chi connectivity index (χ4n) is 1.30. The number of rotatable bonds is 4. The summed E-state index contributed by atoms with van der Waals surface area (Å²) in [6, 6.07) is 5.10. The van der Waals surface area contributed by atoms with E-state index in [0.717, 1.165) is 5.56 Å². The van der Waals surface area contributed by atoms with Crippen molar-refractivity contribution in [2.24, 2.45) is 0 Å². The molecule has 0 saturated carbocycles. The molecular weight excluding hydrogens is 208 g/mol. The number of hydrogen-bond donors (Lipinski definition) is 0. The summed E-state index contributed by atoms with van der Waals surface area (Å²) in [6.45, 7) is 3.01. The third-order valence-electron chi connectivity index (χ3n) is 2.09. The third kappa shape index (κ3) is 3.08. The van der Waals surface area contributed by atoms with Crippen molar-refractivity contribution < 1.29 is 19.1 Å². The Morgan fingerprint density at radius 1 is 1.25 bits per heavy atom. The maximum absolute atomic E-state index is 11.2. The quantitative estimate of drug-likeness (QED) is 0.577. The van der Waals surface area contributed by atoms with Gasteiger partial charge in [0.05, 0.1) is 12.7 Å². The minimum Gasteiger partial charge on any atom is -0.496 e. The Morgan fingerprint density at radius 2 is 1.94 bits per heavy atom. The van der Waals surface area contributed by atoms with Gasteiger partial charge in [-0.1, -0.05) is 6.07 Å². The number of carbonyl (C=O) groups excluding carboxylic acids is 2. The van der Waals surface area contributed by atoms with Gasteiger partial charge in [0.1, 0.15) is 12.4 Å². The summed E-state index contributed by atoms with van der Waals surface area (Å²) >= 11 is 0. The molecule has 0 saturated heterocycles. The van der Waals surface area contributed by atoms with Crippen molar-refractivity contribution in [2.75, 3.05) is 7.11 Å². The number of methoxy groups -OCH3 is 1. The minimum absolute atomic E-state index is 0.0594. The van der Waals surface area contributed by atoms with Gasteiger partial charge < -0.3 is 9.47 Å². The second-order valence-corrected chi connectivity index (χ2v) is 3.37. The molecule has 0 radical (unpaired) electrons. The topological polar surface area (TPSA) is 52.6 Å². The van der Waals surface area contributed by atoms with E-state index < -0.39 is 0 Å². The van der Waals surface area contributed by atoms with E-state index in [-0.39, 0.29) is 18.4 Å². The monoisotopic (exact) mass is 222 g/mol. The summed E-state index contributed by atoms with van der Waals surface area (Å²) in [5.74, 6) is 0.0997. The number of carbonyl (C=O) groups is 2. The number of ketones is 1. The summed E-state index contributed by atoms with van der Waals surface area (Å²) in [4.78, 5) is 21.9. The zero-order valence-electron chi connectivity index (χ0n) is 9.57. The lowest BCUT2D eigenvalue weighted by atomic mass is 10.1. The smallest absolute Gasteiger partial charge is 0.302 e. The van der Waals surface area contributed by atoms with Gasteiger partial charge in [-0.05, 0) is 24.6 Å². The van der Waals surface area contributed by atoms with Crippen molar-refractivity contribution >= 4 is 11.8 Å². The molecule has 0 aromatic heterocycles. The summed E-state index contributed by atoms with van der Waals surface area (Å²) in [6.07, 6.45) is 0. The Balaban J connectivity index is 2.90. The molecule has 0 aliphatic rings. The normalized spacial score (nSPS) is 9.69. The molecular formula is C12H14O4. The maximum atomic E-state index is 11.2. The molecule has 0 fully saturated rings. The molecule has 1 aromatic rings. The van der Waals surface area contributed by atoms with Crippen LogP contribution in [0.2, 0.25) is 0 Å². The van der Waals surface area contributed by atoms with E-state index in [1.807, 2.05) is 0 Å². The van der Waals surface area contributed by atoms with E-state index >= 15 is 0 Å². The van der Waals surface area contributed by atoms with Crippen LogP contribution in [0.1, 0.15) is 29.8 Å².